The van der Waals surface area contributed by atoms with Crippen molar-refractivity contribution < 1.29 is 0 Å². The lowest BCUT2D eigenvalue weighted by Gasteiger charge is -2.11. The van der Waals surface area contributed by atoms with Crippen LogP contribution in [0.2, 0.25) is 0 Å². The Kier molecular flexibility index (Phi) is 2.22. The second-order valence-electron chi connectivity index (χ2n) is 2.53. The largest absolute Gasteiger partial charge is 0.340 e. The molecule has 0 spiro atoms. The summed E-state index contributed by atoms with van der Waals surface area (Å²) < 4.78 is 1.74. The van der Waals surface area contributed by atoms with Crippen LogP contribution < -0.4 is 5.32 Å². The zero-order valence-electron chi connectivity index (χ0n) is 7.08. The molecule has 2 rings (SSSR count). The highest BCUT2D eigenvalue weighted by Gasteiger charge is 2.04. The van der Waals surface area contributed by atoms with Gasteiger partial charge in [0.15, 0.2) is 5.13 Å². The van der Waals surface area contributed by atoms with E-state index in [1.807, 2.05) is 12.3 Å². The summed E-state index contributed by atoms with van der Waals surface area (Å²) >= 11 is 1.56. The Morgan fingerprint density at radius 1 is 1.62 bits per heavy atom. The molecule has 2 heterocycles. The van der Waals surface area contributed by atoms with E-state index >= 15 is 0 Å². The first-order valence-corrected chi connectivity index (χ1v) is 4.74. The van der Waals surface area contributed by atoms with Gasteiger partial charge in [0.05, 0.1) is 0 Å². The van der Waals surface area contributed by atoms with Crippen molar-refractivity contribution >= 4 is 16.5 Å². The Balaban J connectivity index is 2.04. The number of nitrogens with zero attached hydrogens (tertiary/aromatic N) is 4. The summed E-state index contributed by atoms with van der Waals surface area (Å²) in [6.07, 6.45) is 5.03. The molecule has 0 radical (unpaired) electrons. The zero-order valence-corrected chi connectivity index (χ0v) is 7.90. The fraction of sp³-hybridized carbons (Fsp3) is 0.286. The molecule has 2 aromatic rings. The van der Waals surface area contributed by atoms with Crippen LogP contribution in [0.1, 0.15) is 13.1 Å². The Morgan fingerprint density at radius 3 is 3.15 bits per heavy atom. The van der Waals surface area contributed by atoms with Crippen LogP contribution in [0.25, 0.3) is 0 Å². The maximum absolute atomic E-state index is 4.11. The zero-order chi connectivity index (χ0) is 9.10. The fourth-order valence-corrected chi connectivity index (χ4v) is 1.57. The van der Waals surface area contributed by atoms with Gasteiger partial charge in [0.25, 0.3) is 0 Å². The van der Waals surface area contributed by atoms with E-state index in [-0.39, 0.29) is 6.17 Å². The van der Waals surface area contributed by atoms with Crippen molar-refractivity contribution in [1.82, 2.24) is 19.7 Å². The number of rotatable bonds is 3. The Bertz CT molecular complexity index is 341. The highest BCUT2D eigenvalue weighted by atomic mass is 32.1. The van der Waals surface area contributed by atoms with Gasteiger partial charge in [0.2, 0.25) is 0 Å². The second-order valence-corrected chi connectivity index (χ2v) is 3.43. The second kappa shape index (κ2) is 3.53. The normalized spacial score (nSPS) is 12.7. The molecule has 1 N–H and O–H groups in total. The average Bonchev–Trinajstić information content (AvgIpc) is 2.74. The van der Waals surface area contributed by atoms with Crippen molar-refractivity contribution in [1.29, 1.82) is 0 Å². The molecule has 0 saturated carbocycles. The number of hydrogen-bond acceptors (Lipinski definition) is 5. The highest BCUT2D eigenvalue weighted by Crippen LogP contribution is 2.14. The number of anilines is 1. The van der Waals surface area contributed by atoms with Crippen molar-refractivity contribution in [2.24, 2.45) is 0 Å². The van der Waals surface area contributed by atoms with E-state index in [9.17, 15) is 0 Å². The molecule has 0 aliphatic heterocycles. The molecule has 0 aliphatic carbocycles. The SMILES string of the molecule is C[C@H](Nc1nccs1)n1cncn1. The van der Waals surface area contributed by atoms with Gasteiger partial charge in [-0.2, -0.15) is 5.10 Å². The maximum atomic E-state index is 4.11. The molecule has 0 aromatic carbocycles. The molecule has 0 aliphatic rings. The quantitative estimate of drug-likeness (QED) is 0.803. The van der Waals surface area contributed by atoms with E-state index in [1.165, 1.54) is 6.33 Å². The van der Waals surface area contributed by atoms with Crippen LogP contribution in [0.4, 0.5) is 5.13 Å². The van der Waals surface area contributed by atoms with Crippen LogP contribution in [-0.2, 0) is 0 Å². The van der Waals surface area contributed by atoms with Gasteiger partial charge in [0.1, 0.15) is 18.8 Å². The van der Waals surface area contributed by atoms with Crippen molar-refractivity contribution in [3.63, 3.8) is 0 Å². The van der Waals surface area contributed by atoms with Gasteiger partial charge in [-0.1, -0.05) is 0 Å². The smallest absolute Gasteiger partial charge is 0.184 e. The van der Waals surface area contributed by atoms with Gasteiger partial charge >= 0.3 is 0 Å². The Labute approximate surface area is 79.5 Å². The number of hydrogen-bond donors (Lipinski definition) is 1. The van der Waals surface area contributed by atoms with Crippen LogP contribution in [-0.4, -0.2) is 19.7 Å². The van der Waals surface area contributed by atoms with Crippen molar-refractivity contribution in [2.75, 3.05) is 5.32 Å². The Hall–Kier alpha value is -1.43. The van der Waals surface area contributed by atoms with Crippen LogP contribution in [0, 0.1) is 0 Å². The molecule has 0 fully saturated rings. The van der Waals surface area contributed by atoms with E-state index in [2.05, 4.69) is 20.4 Å². The van der Waals surface area contributed by atoms with Crippen LogP contribution >= 0.6 is 11.3 Å². The standard InChI is InChI=1S/C7H9N5S/c1-6(12-5-8-4-10-12)11-7-9-2-3-13-7/h2-6H,1H3,(H,9,11)/t6-/m1/s1. The van der Waals surface area contributed by atoms with E-state index in [0.29, 0.717) is 0 Å². The lowest BCUT2D eigenvalue weighted by Crippen LogP contribution is -2.14. The third-order valence-electron chi connectivity index (χ3n) is 1.60. The van der Waals surface area contributed by atoms with Crippen molar-refractivity contribution in [3.8, 4) is 0 Å². The van der Waals surface area contributed by atoms with Gasteiger partial charge in [-0.3, -0.25) is 0 Å². The number of aromatic nitrogens is 4. The van der Waals surface area contributed by atoms with Gasteiger partial charge < -0.3 is 5.32 Å². The summed E-state index contributed by atoms with van der Waals surface area (Å²) in [7, 11) is 0. The molecule has 2 aromatic heterocycles. The van der Waals surface area contributed by atoms with Gasteiger partial charge in [-0.15, -0.1) is 11.3 Å². The third kappa shape index (κ3) is 1.83. The number of nitrogens with one attached hydrogen (secondary N) is 1. The average molecular weight is 195 g/mol. The van der Waals surface area contributed by atoms with Gasteiger partial charge in [0, 0.05) is 11.6 Å². The molecule has 5 nitrogen and oxygen atoms in total. The molecule has 13 heavy (non-hydrogen) atoms. The van der Waals surface area contributed by atoms with Crippen molar-refractivity contribution in [2.45, 2.75) is 13.1 Å². The molecule has 6 heteroatoms. The lowest BCUT2D eigenvalue weighted by atomic mass is 10.6. The first kappa shape index (κ1) is 8.18. The summed E-state index contributed by atoms with van der Waals surface area (Å²) in [5.41, 5.74) is 0. The molecule has 0 unspecified atom stereocenters. The molecule has 0 saturated heterocycles. The summed E-state index contributed by atoms with van der Waals surface area (Å²) in [5.74, 6) is 0. The molecule has 68 valence electrons. The summed E-state index contributed by atoms with van der Waals surface area (Å²) in [5, 5.41) is 10.0. The van der Waals surface area contributed by atoms with Crippen LogP contribution in [0.15, 0.2) is 24.2 Å². The monoisotopic (exact) mass is 195 g/mol. The Morgan fingerprint density at radius 2 is 2.54 bits per heavy atom. The molecule has 1 atom stereocenters. The number of thiazole rings is 1. The summed E-state index contributed by atoms with van der Waals surface area (Å²) in [6, 6.07) is 0. The molecular formula is C7H9N5S. The minimum atomic E-state index is 0.0775. The van der Waals surface area contributed by atoms with Crippen molar-refractivity contribution in [3.05, 3.63) is 24.2 Å². The molecular weight excluding hydrogens is 186 g/mol. The van der Waals surface area contributed by atoms with E-state index in [4.69, 9.17) is 0 Å². The third-order valence-corrected chi connectivity index (χ3v) is 2.30. The lowest BCUT2D eigenvalue weighted by molar-refractivity contribution is 0.543. The minimum Gasteiger partial charge on any atom is -0.340 e. The first-order valence-electron chi connectivity index (χ1n) is 3.86. The van der Waals surface area contributed by atoms with Gasteiger partial charge in [-0.05, 0) is 6.92 Å². The van der Waals surface area contributed by atoms with Crippen LogP contribution in [0.5, 0.6) is 0 Å². The van der Waals surface area contributed by atoms with Crippen LogP contribution in [0.3, 0.4) is 0 Å². The fourth-order valence-electron chi connectivity index (χ4n) is 0.957. The topological polar surface area (TPSA) is 55.6 Å². The van der Waals surface area contributed by atoms with E-state index < -0.39 is 0 Å². The first-order chi connectivity index (χ1) is 6.36. The maximum Gasteiger partial charge on any atom is 0.184 e. The minimum absolute atomic E-state index is 0.0775. The molecule has 0 bridgehead atoms. The predicted molar refractivity (Wildman–Crippen MR) is 50.5 cm³/mol. The summed E-state index contributed by atoms with van der Waals surface area (Å²) in [4.78, 5) is 7.98. The van der Waals surface area contributed by atoms with E-state index in [1.54, 1.807) is 28.5 Å². The van der Waals surface area contributed by atoms with E-state index in [0.717, 1.165) is 5.13 Å². The summed E-state index contributed by atoms with van der Waals surface area (Å²) in [6.45, 7) is 2.00. The highest BCUT2D eigenvalue weighted by molar-refractivity contribution is 7.13. The molecule has 0 amide bonds. The predicted octanol–water partition coefficient (Wildman–Crippen LogP) is 1.37. The van der Waals surface area contributed by atoms with Gasteiger partial charge in [-0.25, -0.2) is 14.6 Å².